The molecule has 0 saturated carbocycles. The van der Waals surface area contributed by atoms with Gasteiger partial charge in [0.2, 0.25) is 0 Å². The molecule has 1 unspecified atom stereocenters. The van der Waals surface area contributed by atoms with Crippen LogP contribution in [0.25, 0.3) is 0 Å². The number of fused-ring (bicyclic) bond motifs is 1. The Bertz CT molecular complexity index is 381. The second-order valence-electron chi connectivity index (χ2n) is 3.78. The number of aromatic nitrogens is 1. The number of carbonyl (C=O) groups is 1. The molecule has 0 amide bonds. The Morgan fingerprint density at radius 2 is 2.47 bits per heavy atom. The standard InChI is InChI=1S/C11H12BNO2/c1-7(14)15-11-9(12)5-4-8-3-2-6-13-10(8)11/h2-3,6,9,11H,4-5H2,1H3/t9-,11?/m0/s1. The van der Waals surface area contributed by atoms with Crippen molar-refractivity contribution in [2.75, 3.05) is 0 Å². The maximum Gasteiger partial charge on any atom is 0.303 e. The van der Waals surface area contributed by atoms with E-state index in [0.717, 1.165) is 24.1 Å². The zero-order valence-corrected chi connectivity index (χ0v) is 8.64. The third-order valence-electron chi connectivity index (χ3n) is 2.62. The van der Waals surface area contributed by atoms with Crippen LogP contribution in [-0.4, -0.2) is 18.8 Å². The van der Waals surface area contributed by atoms with Gasteiger partial charge in [0, 0.05) is 13.1 Å². The Kier molecular flexibility index (Phi) is 2.76. The molecule has 1 aromatic heterocycles. The van der Waals surface area contributed by atoms with Crippen molar-refractivity contribution < 1.29 is 9.53 Å². The molecule has 76 valence electrons. The second kappa shape index (κ2) is 4.05. The molecule has 0 saturated heterocycles. The summed E-state index contributed by atoms with van der Waals surface area (Å²) in [6, 6.07) is 3.89. The first-order valence-electron chi connectivity index (χ1n) is 5.05. The fraction of sp³-hybridized carbons (Fsp3) is 0.455. The van der Waals surface area contributed by atoms with Crippen molar-refractivity contribution in [3.05, 3.63) is 29.6 Å². The number of rotatable bonds is 1. The molecular weight excluding hydrogens is 189 g/mol. The third kappa shape index (κ3) is 2.03. The van der Waals surface area contributed by atoms with E-state index in [2.05, 4.69) is 4.98 Å². The molecule has 2 atom stereocenters. The Hall–Kier alpha value is -1.32. The van der Waals surface area contributed by atoms with E-state index in [1.54, 1.807) is 6.20 Å². The highest BCUT2D eigenvalue weighted by atomic mass is 16.5. The van der Waals surface area contributed by atoms with Crippen LogP contribution in [-0.2, 0) is 16.0 Å². The van der Waals surface area contributed by atoms with Crippen molar-refractivity contribution in [2.24, 2.45) is 0 Å². The minimum Gasteiger partial charge on any atom is -0.457 e. The zero-order chi connectivity index (χ0) is 10.8. The summed E-state index contributed by atoms with van der Waals surface area (Å²) >= 11 is 0. The molecule has 0 aliphatic heterocycles. The van der Waals surface area contributed by atoms with Crippen molar-refractivity contribution in [1.29, 1.82) is 0 Å². The number of hydrogen-bond acceptors (Lipinski definition) is 3. The first-order chi connectivity index (χ1) is 7.18. The van der Waals surface area contributed by atoms with Gasteiger partial charge in [0.05, 0.1) is 13.5 Å². The highest BCUT2D eigenvalue weighted by Crippen LogP contribution is 2.37. The van der Waals surface area contributed by atoms with Crippen LogP contribution in [0.2, 0.25) is 5.82 Å². The number of nitrogens with zero attached hydrogens (tertiary/aromatic N) is 1. The lowest BCUT2D eigenvalue weighted by Crippen LogP contribution is -2.22. The lowest BCUT2D eigenvalue weighted by Gasteiger charge is -2.29. The second-order valence-corrected chi connectivity index (χ2v) is 3.78. The Morgan fingerprint density at radius 3 is 3.20 bits per heavy atom. The van der Waals surface area contributed by atoms with E-state index >= 15 is 0 Å². The summed E-state index contributed by atoms with van der Waals surface area (Å²) < 4.78 is 5.20. The monoisotopic (exact) mass is 201 g/mol. The molecular formula is C11H12BNO2. The number of aryl methyl sites for hydroxylation is 1. The van der Waals surface area contributed by atoms with E-state index in [1.807, 2.05) is 12.1 Å². The van der Waals surface area contributed by atoms with Crippen LogP contribution in [0.3, 0.4) is 0 Å². The molecule has 0 aromatic carbocycles. The SMILES string of the molecule is [B][C@H]1CCc2cccnc2C1OC(C)=O. The highest BCUT2D eigenvalue weighted by Gasteiger charge is 2.29. The molecule has 1 aromatic rings. The summed E-state index contributed by atoms with van der Waals surface area (Å²) in [5, 5.41) is 0. The van der Waals surface area contributed by atoms with Crippen LogP contribution in [0, 0.1) is 0 Å². The molecule has 1 aliphatic rings. The van der Waals surface area contributed by atoms with E-state index in [9.17, 15) is 4.79 Å². The van der Waals surface area contributed by atoms with Gasteiger partial charge in [-0.1, -0.05) is 12.5 Å². The van der Waals surface area contributed by atoms with Crippen LogP contribution in [0.1, 0.15) is 30.7 Å². The summed E-state index contributed by atoms with van der Waals surface area (Å²) in [5.74, 6) is -0.453. The van der Waals surface area contributed by atoms with Crippen molar-refractivity contribution in [2.45, 2.75) is 31.7 Å². The molecule has 15 heavy (non-hydrogen) atoms. The minimum atomic E-state index is -0.382. The number of ether oxygens (including phenoxy) is 1. The topological polar surface area (TPSA) is 39.2 Å². The molecule has 0 fully saturated rings. The maximum absolute atomic E-state index is 11.0. The van der Waals surface area contributed by atoms with E-state index in [4.69, 9.17) is 12.6 Å². The van der Waals surface area contributed by atoms with Crippen molar-refractivity contribution in [3.63, 3.8) is 0 Å². The van der Waals surface area contributed by atoms with Crippen LogP contribution in [0.5, 0.6) is 0 Å². The number of carbonyl (C=O) groups excluding carboxylic acids is 1. The van der Waals surface area contributed by atoms with Gasteiger partial charge < -0.3 is 4.74 Å². The predicted octanol–water partition coefficient (Wildman–Crippen LogP) is 1.59. The predicted molar refractivity (Wildman–Crippen MR) is 56.6 cm³/mol. The van der Waals surface area contributed by atoms with Crippen LogP contribution in [0.15, 0.2) is 18.3 Å². The first-order valence-corrected chi connectivity index (χ1v) is 5.05. The van der Waals surface area contributed by atoms with Crippen molar-refractivity contribution in [3.8, 4) is 0 Å². The lowest BCUT2D eigenvalue weighted by molar-refractivity contribution is -0.147. The summed E-state index contributed by atoms with van der Waals surface area (Å²) in [5.41, 5.74) is 1.94. The Morgan fingerprint density at radius 1 is 1.67 bits per heavy atom. The minimum absolute atomic E-state index is 0.142. The van der Waals surface area contributed by atoms with Crippen molar-refractivity contribution >= 4 is 13.8 Å². The van der Waals surface area contributed by atoms with E-state index in [0.29, 0.717) is 0 Å². The molecule has 1 heterocycles. The van der Waals surface area contributed by atoms with Crippen LogP contribution >= 0.6 is 0 Å². The quantitative estimate of drug-likeness (QED) is 0.511. The number of esters is 1. The van der Waals surface area contributed by atoms with Crippen molar-refractivity contribution in [1.82, 2.24) is 4.98 Å². The lowest BCUT2D eigenvalue weighted by atomic mass is 9.72. The largest absolute Gasteiger partial charge is 0.457 e. The average molecular weight is 201 g/mol. The van der Waals surface area contributed by atoms with Gasteiger partial charge in [-0.15, -0.1) is 0 Å². The van der Waals surface area contributed by atoms with Gasteiger partial charge in [-0.2, -0.15) is 0 Å². The molecule has 2 rings (SSSR count). The molecule has 2 radical (unpaired) electrons. The smallest absolute Gasteiger partial charge is 0.303 e. The van der Waals surface area contributed by atoms with Gasteiger partial charge in [0.15, 0.2) is 0 Å². The Labute approximate surface area is 90.3 Å². The number of hydrogen-bond donors (Lipinski definition) is 0. The Balaban J connectivity index is 2.32. The van der Waals surface area contributed by atoms with Crippen LogP contribution < -0.4 is 0 Å². The van der Waals surface area contributed by atoms with E-state index < -0.39 is 0 Å². The third-order valence-corrected chi connectivity index (χ3v) is 2.62. The summed E-state index contributed by atoms with van der Waals surface area (Å²) in [6.07, 6.45) is 3.05. The fourth-order valence-corrected chi connectivity index (χ4v) is 1.92. The molecule has 0 spiro atoms. The highest BCUT2D eigenvalue weighted by molar-refractivity contribution is 6.12. The first kappa shape index (κ1) is 10.2. The molecule has 0 N–H and O–H groups in total. The molecule has 1 aliphatic carbocycles. The van der Waals surface area contributed by atoms with E-state index in [1.165, 1.54) is 6.92 Å². The van der Waals surface area contributed by atoms with Gasteiger partial charge in [0.1, 0.15) is 6.10 Å². The normalized spacial score (nSPS) is 24.3. The average Bonchev–Trinajstić information content (AvgIpc) is 2.22. The van der Waals surface area contributed by atoms with Gasteiger partial charge in [-0.25, -0.2) is 0 Å². The zero-order valence-electron chi connectivity index (χ0n) is 8.64. The van der Waals surface area contributed by atoms with Gasteiger partial charge >= 0.3 is 5.97 Å². The molecule has 0 bridgehead atoms. The number of pyridine rings is 1. The van der Waals surface area contributed by atoms with Gasteiger partial charge in [0.25, 0.3) is 0 Å². The summed E-state index contributed by atoms with van der Waals surface area (Å²) in [4.78, 5) is 15.2. The molecule has 3 nitrogen and oxygen atoms in total. The maximum atomic E-state index is 11.0. The fourth-order valence-electron chi connectivity index (χ4n) is 1.92. The summed E-state index contributed by atoms with van der Waals surface area (Å²) in [7, 11) is 5.92. The van der Waals surface area contributed by atoms with Crippen LogP contribution in [0.4, 0.5) is 0 Å². The van der Waals surface area contributed by atoms with E-state index in [-0.39, 0.29) is 17.9 Å². The van der Waals surface area contributed by atoms with Gasteiger partial charge in [-0.05, 0) is 23.9 Å². The summed E-state index contributed by atoms with van der Waals surface area (Å²) in [6.45, 7) is 1.39. The molecule has 4 heteroatoms. The van der Waals surface area contributed by atoms with Gasteiger partial charge in [-0.3, -0.25) is 9.78 Å².